The average molecular weight is 228 g/mol. The zero-order valence-corrected chi connectivity index (χ0v) is 10.6. The first-order valence-corrected chi connectivity index (χ1v) is 6.27. The summed E-state index contributed by atoms with van der Waals surface area (Å²) in [7, 11) is 0. The van der Waals surface area contributed by atoms with E-state index in [0.717, 1.165) is 25.9 Å². The van der Waals surface area contributed by atoms with E-state index >= 15 is 0 Å². The van der Waals surface area contributed by atoms with Gasteiger partial charge in [0.25, 0.3) is 0 Å². The van der Waals surface area contributed by atoms with E-state index in [-0.39, 0.29) is 6.04 Å². The monoisotopic (exact) mass is 228 g/mol. The normalized spacial score (nSPS) is 18.1. The fraction of sp³-hybridized carbons (Fsp3) is 0.917. The zero-order chi connectivity index (χ0) is 12.1. The molecule has 16 heavy (non-hydrogen) atoms. The van der Waals surface area contributed by atoms with Gasteiger partial charge in [-0.25, -0.2) is 0 Å². The maximum atomic E-state index is 11.1. The molecule has 1 rings (SSSR count). The van der Waals surface area contributed by atoms with Gasteiger partial charge in [-0.3, -0.25) is 4.79 Å². The summed E-state index contributed by atoms with van der Waals surface area (Å²) in [6.07, 6.45) is 2.95. The van der Waals surface area contributed by atoms with Crippen LogP contribution in [0.5, 0.6) is 0 Å². The summed E-state index contributed by atoms with van der Waals surface area (Å²) < 4.78 is 0. The van der Waals surface area contributed by atoms with Crippen molar-refractivity contribution >= 4 is 5.97 Å². The topological polar surface area (TPSA) is 52.6 Å². The van der Waals surface area contributed by atoms with Crippen LogP contribution in [0.15, 0.2) is 0 Å². The van der Waals surface area contributed by atoms with Crippen LogP contribution in [-0.4, -0.2) is 47.2 Å². The molecule has 0 amide bonds. The van der Waals surface area contributed by atoms with E-state index in [1.807, 2.05) is 0 Å². The fourth-order valence-corrected chi connectivity index (χ4v) is 1.89. The van der Waals surface area contributed by atoms with Gasteiger partial charge in [0.2, 0.25) is 0 Å². The van der Waals surface area contributed by atoms with Crippen LogP contribution in [0, 0.1) is 0 Å². The van der Waals surface area contributed by atoms with Crippen molar-refractivity contribution < 1.29 is 9.90 Å². The lowest BCUT2D eigenvalue weighted by Gasteiger charge is -2.26. The van der Waals surface area contributed by atoms with Gasteiger partial charge in [0.05, 0.1) is 0 Å². The molecule has 2 N–H and O–H groups in total. The lowest BCUT2D eigenvalue weighted by atomic mass is 10.1. The molecule has 4 nitrogen and oxygen atoms in total. The molecule has 1 unspecified atom stereocenters. The third-order valence-corrected chi connectivity index (χ3v) is 3.15. The van der Waals surface area contributed by atoms with Gasteiger partial charge in [0.15, 0.2) is 0 Å². The van der Waals surface area contributed by atoms with Crippen LogP contribution >= 0.6 is 0 Å². The number of carbonyl (C=O) groups is 1. The number of aliphatic carboxylic acids is 1. The van der Waals surface area contributed by atoms with Crippen LogP contribution in [0.25, 0.3) is 0 Å². The lowest BCUT2D eigenvalue weighted by molar-refractivity contribution is -0.139. The van der Waals surface area contributed by atoms with Crippen molar-refractivity contribution in [3.05, 3.63) is 0 Å². The number of nitrogens with zero attached hydrogens (tertiary/aromatic N) is 1. The highest BCUT2D eigenvalue weighted by atomic mass is 16.4. The molecule has 1 fully saturated rings. The van der Waals surface area contributed by atoms with E-state index in [4.69, 9.17) is 5.11 Å². The Bertz CT molecular complexity index is 227. The number of nitrogens with one attached hydrogen (secondary N) is 1. The molecule has 0 aromatic rings. The van der Waals surface area contributed by atoms with Crippen molar-refractivity contribution in [2.45, 2.75) is 58.2 Å². The third-order valence-electron chi connectivity index (χ3n) is 3.15. The van der Waals surface area contributed by atoms with Gasteiger partial charge in [-0.05, 0) is 39.7 Å². The molecule has 0 heterocycles. The summed E-state index contributed by atoms with van der Waals surface area (Å²) in [5, 5.41) is 12.3. The Morgan fingerprint density at radius 2 is 2.12 bits per heavy atom. The summed E-state index contributed by atoms with van der Waals surface area (Å²) in [6, 6.07) is 0.566. The molecule has 4 heteroatoms. The van der Waals surface area contributed by atoms with E-state index in [1.54, 1.807) is 0 Å². The molecule has 0 radical (unpaired) electrons. The van der Waals surface area contributed by atoms with Crippen LogP contribution in [0.3, 0.4) is 0 Å². The highest BCUT2D eigenvalue weighted by molar-refractivity contribution is 5.73. The van der Waals surface area contributed by atoms with Gasteiger partial charge in [-0.1, -0.05) is 6.92 Å². The van der Waals surface area contributed by atoms with Crippen molar-refractivity contribution in [3.63, 3.8) is 0 Å². The Labute approximate surface area is 98.0 Å². The molecule has 1 aliphatic carbocycles. The standard InChI is InChI=1S/C12H24N2O2/c1-4-14(9(2)3)8-7-11(12(15)16)13-10-5-6-10/h9-11,13H,4-8H2,1-3H3,(H,15,16). The molecule has 1 atom stereocenters. The van der Waals surface area contributed by atoms with Crippen molar-refractivity contribution in [2.24, 2.45) is 0 Å². The van der Waals surface area contributed by atoms with Gasteiger partial charge >= 0.3 is 5.97 Å². The van der Waals surface area contributed by atoms with Gasteiger partial charge in [0.1, 0.15) is 6.04 Å². The lowest BCUT2D eigenvalue weighted by Crippen LogP contribution is -2.42. The first-order valence-electron chi connectivity index (χ1n) is 6.27. The van der Waals surface area contributed by atoms with Crippen LogP contribution in [0.2, 0.25) is 0 Å². The highest BCUT2D eigenvalue weighted by Gasteiger charge is 2.28. The Hall–Kier alpha value is -0.610. The van der Waals surface area contributed by atoms with Crippen molar-refractivity contribution in [1.82, 2.24) is 10.2 Å². The summed E-state index contributed by atoms with van der Waals surface area (Å²) >= 11 is 0. The first kappa shape index (κ1) is 13.5. The van der Waals surface area contributed by atoms with Gasteiger partial charge in [0, 0.05) is 18.6 Å². The van der Waals surface area contributed by atoms with Gasteiger partial charge < -0.3 is 15.3 Å². The molecule has 1 aliphatic rings. The van der Waals surface area contributed by atoms with E-state index in [2.05, 4.69) is 31.0 Å². The predicted molar refractivity (Wildman–Crippen MR) is 64.6 cm³/mol. The quantitative estimate of drug-likeness (QED) is 0.658. The number of carboxylic acid groups (broad SMARTS) is 1. The van der Waals surface area contributed by atoms with Crippen LogP contribution < -0.4 is 5.32 Å². The van der Waals surface area contributed by atoms with Crippen LogP contribution in [0.4, 0.5) is 0 Å². The Balaban J connectivity index is 2.32. The zero-order valence-electron chi connectivity index (χ0n) is 10.6. The third kappa shape index (κ3) is 4.49. The second-order valence-corrected chi connectivity index (χ2v) is 4.84. The smallest absolute Gasteiger partial charge is 0.320 e. The molecule has 0 bridgehead atoms. The molecule has 0 aromatic carbocycles. The van der Waals surface area contributed by atoms with Gasteiger partial charge in [-0.15, -0.1) is 0 Å². The number of hydrogen-bond donors (Lipinski definition) is 2. The van der Waals surface area contributed by atoms with Crippen molar-refractivity contribution in [2.75, 3.05) is 13.1 Å². The maximum absolute atomic E-state index is 11.1. The molecule has 0 spiro atoms. The second-order valence-electron chi connectivity index (χ2n) is 4.84. The molecular weight excluding hydrogens is 204 g/mol. The molecule has 0 aromatic heterocycles. The second kappa shape index (κ2) is 6.21. The van der Waals surface area contributed by atoms with E-state index in [1.165, 1.54) is 0 Å². The number of rotatable bonds is 8. The summed E-state index contributed by atoms with van der Waals surface area (Å²) in [4.78, 5) is 13.3. The predicted octanol–water partition coefficient (Wildman–Crippen LogP) is 1.31. The summed E-state index contributed by atoms with van der Waals surface area (Å²) in [6.45, 7) is 8.24. The Kier molecular flexibility index (Phi) is 5.22. The average Bonchev–Trinajstić information content (AvgIpc) is 2.99. The molecule has 1 saturated carbocycles. The molecule has 0 saturated heterocycles. The molecule has 0 aliphatic heterocycles. The minimum Gasteiger partial charge on any atom is -0.480 e. The van der Waals surface area contributed by atoms with Gasteiger partial charge in [-0.2, -0.15) is 0 Å². The van der Waals surface area contributed by atoms with E-state index in [9.17, 15) is 4.79 Å². The van der Waals surface area contributed by atoms with Crippen molar-refractivity contribution in [3.8, 4) is 0 Å². The molecular formula is C12H24N2O2. The van der Waals surface area contributed by atoms with Crippen LogP contribution in [0.1, 0.15) is 40.0 Å². The maximum Gasteiger partial charge on any atom is 0.320 e. The highest BCUT2D eigenvalue weighted by Crippen LogP contribution is 2.20. The summed E-state index contributed by atoms with van der Waals surface area (Å²) in [5.74, 6) is -0.716. The van der Waals surface area contributed by atoms with E-state index in [0.29, 0.717) is 18.5 Å². The number of hydrogen-bond acceptors (Lipinski definition) is 3. The molecule has 94 valence electrons. The van der Waals surface area contributed by atoms with E-state index < -0.39 is 5.97 Å². The fourth-order valence-electron chi connectivity index (χ4n) is 1.89. The Morgan fingerprint density at radius 1 is 1.50 bits per heavy atom. The van der Waals surface area contributed by atoms with Crippen molar-refractivity contribution in [1.29, 1.82) is 0 Å². The minimum atomic E-state index is -0.716. The van der Waals surface area contributed by atoms with Crippen LogP contribution in [-0.2, 0) is 4.79 Å². The largest absolute Gasteiger partial charge is 0.480 e. The first-order chi connectivity index (χ1) is 7.54. The SMILES string of the molecule is CCN(CCC(NC1CC1)C(=O)O)C(C)C. The Morgan fingerprint density at radius 3 is 2.50 bits per heavy atom. The summed E-state index contributed by atoms with van der Waals surface area (Å²) in [5.41, 5.74) is 0. The minimum absolute atomic E-state index is 0.375. The number of carboxylic acids is 1.